The van der Waals surface area contributed by atoms with Gasteiger partial charge in [0.1, 0.15) is 5.75 Å². The number of rotatable bonds is 4. The van der Waals surface area contributed by atoms with E-state index in [1.807, 2.05) is 0 Å². The fourth-order valence-corrected chi connectivity index (χ4v) is 3.99. The molecule has 0 saturated heterocycles. The lowest BCUT2D eigenvalue weighted by Crippen LogP contribution is -2.33. The molecule has 1 N–H and O–H groups in total. The Balaban J connectivity index is 1.84. The summed E-state index contributed by atoms with van der Waals surface area (Å²) in [7, 11) is 0. The van der Waals surface area contributed by atoms with Gasteiger partial charge in [-0.15, -0.1) is 0 Å². The minimum Gasteiger partial charge on any atom is -0.493 e. The Labute approximate surface area is 129 Å². The van der Waals surface area contributed by atoms with Crippen LogP contribution in [0.4, 0.5) is 0 Å². The molecule has 0 spiro atoms. The van der Waals surface area contributed by atoms with E-state index in [2.05, 4.69) is 44.3 Å². The smallest absolute Gasteiger partial charge is 0.127 e. The Kier molecular flexibility index (Phi) is 4.26. The number of hydrogen-bond donors (Lipinski definition) is 1. The Hall–Kier alpha value is -1.02. The third-order valence-corrected chi connectivity index (χ3v) is 5.36. The van der Waals surface area contributed by atoms with Crippen LogP contribution in [-0.4, -0.2) is 13.2 Å². The normalized spacial score (nSPS) is 22.6. The molecule has 3 rings (SSSR count). The number of fused-ring (bicyclic) bond motifs is 1. The van der Waals surface area contributed by atoms with E-state index in [1.165, 1.54) is 42.6 Å². The van der Waals surface area contributed by atoms with Gasteiger partial charge in [0.25, 0.3) is 0 Å². The van der Waals surface area contributed by atoms with Crippen LogP contribution in [0.15, 0.2) is 18.2 Å². The Morgan fingerprint density at radius 2 is 2.05 bits per heavy atom. The molecule has 1 fully saturated rings. The highest BCUT2D eigenvalue weighted by Gasteiger charge is 2.33. The van der Waals surface area contributed by atoms with Crippen molar-refractivity contribution in [1.29, 1.82) is 0 Å². The van der Waals surface area contributed by atoms with E-state index in [9.17, 15) is 0 Å². The van der Waals surface area contributed by atoms with Gasteiger partial charge in [-0.25, -0.2) is 0 Å². The molecule has 1 aliphatic carbocycles. The molecule has 1 aromatic carbocycles. The van der Waals surface area contributed by atoms with Crippen LogP contribution < -0.4 is 10.1 Å². The first-order valence-corrected chi connectivity index (χ1v) is 8.59. The van der Waals surface area contributed by atoms with Crippen LogP contribution in [0.3, 0.4) is 0 Å². The number of benzene rings is 1. The monoisotopic (exact) mass is 287 g/mol. The number of para-hydroxylation sites is 1. The van der Waals surface area contributed by atoms with Gasteiger partial charge in [-0.05, 0) is 49.1 Å². The fourth-order valence-electron chi connectivity index (χ4n) is 3.99. The molecule has 1 heterocycles. The molecule has 1 atom stereocenters. The van der Waals surface area contributed by atoms with Gasteiger partial charge in [-0.2, -0.15) is 0 Å². The zero-order chi connectivity index (χ0) is 14.9. The molecule has 0 amide bonds. The highest BCUT2D eigenvalue weighted by molar-refractivity contribution is 5.46. The predicted octanol–water partition coefficient (Wildman–Crippen LogP) is 4.49. The first-order valence-electron chi connectivity index (χ1n) is 8.59. The average molecular weight is 287 g/mol. The van der Waals surface area contributed by atoms with Gasteiger partial charge < -0.3 is 10.1 Å². The van der Waals surface area contributed by atoms with Gasteiger partial charge in [0.15, 0.2) is 0 Å². The van der Waals surface area contributed by atoms with E-state index in [0.29, 0.717) is 11.5 Å². The quantitative estimate of drug-likeness (QED) is 0.881. The summed E-state index contributed by atoms with van der Waals surface area (Å²) in [6, 6.07) is 7.16. The molecular weight excluding hydrogens is 258 g/mol. The molecule has 1 aromatic rings. The molecule has 0 radical (unpaired) electrons. The number of ether oxygens (including phenoxy) is 1. The molecule has 1 aliphatic heterocycles. The second-order valence-corrected chi connectivity index (χ2v) is 7.47. The lowest BCUT2D eigenvalue weighted by Gasteiger charge is -2.38. The second kappa shape index (κ2) is 6.00. The van der Waals surface area contributed by atoms with Crippen LogP contribution in [0.1, 0.15) is 63.6 Å². The maximum atomic E-state index is 5.95. The van der Waals surface area contributed by atoms with Crippen molar-refractivity contribution in [1.82, 2.24) is 5.32 Å². The molecule has 0 bridgehead atoms. The molecule has 0 aromatic heterocycles. The third kappa shape index (κ3) is 3.11. The predicted molar refractivity (Wildman–Crippen MR) is 87.8 cm³/mol. The summed E-state index contributed by atoms with van der Waals surface area (Å²) in [5.41, 5.74) is 3.32. The van der Waals surface area contributed by atoms with Crippen molar-refractivity contribution < 1.29 is 4.74 Å². The van der Waals surface area contributed by atoms with Gasteiger partial charge in [0.05, 0.1) is 6.61 Å². The first-order chi connectivity index (χ1) is 10.1. The molecule has 2 nitrogen and oxygen atoms in total. The first kappa shape index (κ1) is 14.9. The summed E-state index contributed by atoms with van der Waals surface area (Å²) < 4.78 is 5.95. The van der Waals surface area contributed by atoms with E-state index in [1.54, 1.807) is 0 Å². The number of hydrogen-bond acceptors (Lipinski definition) is 2. The summed E-state index contributed by atoms with van der Waals surface area (Å²) in [6.45, 7) is 8.91. The Bertz CT molecular complexity index is 484. The minimum absolute atomic E-state index is 0.458. The van der Waals surface area contributed by atoms with Crippen molar-refractivity contribution in [3.05, 3.63) is 29.3 Å². The summed E-state index contributed by atoms with van der Waals surface area (Å²) in [5.74, 6) is 1.92. The minimum atomic E-state index is 0.458. The molecule has 21 heavy (non-hydrogen) atoms. The van der Waals surface area contributed by atoms with Gasteiger partial charge in [0.2, 0.25) is 0 Å². The second-order valence-electron chi connectivity index (χ2n) is 7.47. The van der Waals surface area contributed by atoms with Crippen LogP contribution in [0.5, 0.6) is 5.75 Å². The zero-order valence-corrected chi connectivity index (χ0v) is 13.7. The van der Waals surface area contributed by atoms with Gasteiger partial charge in [-0.1, -0.05) is 39.0 Å². The third-order valence-electron chi connectivity index (χ3n) is 5.36. The number of nitrogens with one attached hydrogen (secondary N) is 1. The largest absolute Gasteiger partial charge is 0.493 e. The van der Waals surface area contributed by atoms with E-state index in [4.69, 9.17) is 4.74 Å². The molecular formula is C19H29NO. The van der Waals surface area contributed by atoms with Crippen molar-refractivity contribution in [2.24, 2.45) is 11.3 Å². The molecule has 1 saturated carbocycles. The lowest BCUT2D eigenvalue weighted by atomic mass is 9.70. The van der Waals surface area contributed by atoms with Crippen molar-refractivity contribution in [2.45, 2.75) is 58.9 Å². The summed E-state index contributed by atoms with van der Waals surface area (Å²) >= 11 is 0. The van der Waals surface area contributed by atoms with Crippen molar-refractivity contribution in [2.75, 3.05) is 13.2 Å². The van der Waals surface area contributed by atoms with Crippen LogP contribution in [0.2, 0.25) is 0 Å². The maximum Gasteiger partial charge on any atom is 0.127 e. The van der Waals surface area contributed by atoms with Crippen LogP contribution in [0, 0.1) is 11.3 Å². The average Bonchev–Trinajstić information content (AvgIpc) is 2.94. The van der Waals surface area contributed by atoms with Crippen molar-refractivity contribution in [3.8, 4) is 5.75 Å². The summed E-state index contributed by atoms with van der Waals surface area (Å²) in [4.78, 5) is 0. The van der Waals surface area contributed by atoms with Gasteiger partial charge in [-0.3, -0.25) is 0 Å². The maximum absolute atomic E-state index is 5.95. The van der Waals surface area contributed by atoms with Crippen LogP contribution in [-0.2, 0) is 6.42 Å². The molecule has 2 heteroatoms. The standard InChI is InChI=1S/C19H29NO/c1-4-20-17(14-8-11-19(2,3)12-9-14)16-7-5-6-15-10-13-21-18(15)16/h5-7,14,17,20H,4,8-13H2,1-3H3. The Morgan fingerprint density at radius 3 is 2.76 bits per heavy atom. The zero-order valence-electron chi connectivity index (χ0n) is 13.7. The van der Waals surface area contributed by atoms with Crippen LogP contribution >= 0.6 is 0 Å². The molecule has 1 unspecified atom stereocenters. The fraction of sp³-hybridized carbons (Fsp3) is 0.684. The van der Waals surface area contributed by atoms with E-state index in [0.717, 1.165) is 25.5 Å². The van der Waals surface area contributed by atoms with E-state index in [-0.39, 0.29) is 0 Å². The highest BCUT2D eigenvalue weighted by atomic mass is 16.5. The van der Waals surface area contributed by atoms with Crippen LogP contribution in [0.25, 0.3) is 0 Å². The molecule has 2 aliphatic rings. The van der Waals surface area contributed by atoms with E-state index >= 15 is 0 Å². The van der Waals surface area contributed by atoms with E-state index < -0.39 is 0 Å². The Morgan fingerprint density at radius 1 is 1.29 bits per heavy atom. The lowest BCUT2D eigenvalue weighted by molar-refractivity contribution is 0.161. The molecule has 116 valence electrons. The van der Waals surface area contributed by atoms with Gasteiger partial charge in [0, 0.05) is 18.0 Å². The summed E-state index contributed by atoms with van der Waals surface area (Å²) in [5, 5.41) is 3.75. The van der Waals surface area contributed by atoms with Crippen molar-refractivity contribution >= 4 is 0 Å². The van der Waals surface area contributed by atoms with Crippen molar-refractivity contribution in [3.63, 3.8) is 0 Å². The SMILES string of the molecule is CCNC(c1cccc2c1OCC2)C1CCC(C)(C)CC1. The summed E-state index contributed by atoms with van der Waals surface area (Å²) in [6.07, 6.45) is 6.41. The highest BCUT2D eigenvalue weighted by Crippen LogP contribution is 2.45. The van der Waals surface area contributed by atoms with Gasteiger partial charge >= 0.3 is 0 Å². The topological polar surface area (TPSA) is 21.3 Å².